The number of nitrogens with zero attached hydrogens (tertiary/aromatic N) is 3. The van der Waals surface area contributed by atoms with Crippen LogP contribution in [-0.4, -0.2) is 73.9 Å². The van der Waals surface area contributed by atoms with Gasteiger partial charge in [0.1, 0.15) is 28.0 Å². The molecule has 0 unspecified atom stereocenters. The highest BCUT2D eigenvalue weighted by atomic mass is 32.2. The maximum atomic E-state index is 13.8. The molecule has 1 heterocycles. The Kier molecular flexibility index (Phi) is 11.2. The number of benzene rings is 2. The first-order valence-electron chi connectivity index (χ1n) is 13.2. The number of aromatic nitrogens is 1. The van der Waals surface area contributed by atoms with Gasteiger partial charge in [-0.05, 0) is 51.3 Å². The number of ketones is 1. The van der Waals surface area contributed by atoms with Crippen molar-refractivity contribution < 1.29 is 27.5 Å². The fraction of sp³-hybridized carbons (Fsp3) is 0.414. The van der Waals surface area contributed by atoms with Crippen molar-refractivity contribution in [3.63, 3.8) is 0 Å². The molecule has 0 bridgehead atoms. The van der Waals surface area contributed by atoms with Crippen molar-refractivity contribution in [1.82, 2.24) is 14.2 Å². The molecule has 0 spiro atoms. The monoisotopic (exact) mass is 587 g/mol. The molecule has 0 N–H and O–H groups in total. The predicted octanol–water partition coefficient (Wildman–Crippen LogP) is 4.60. The molecule has 3 aromatic rings. The Morgan fingerprint density at radius 1 is 0.975 bits per heavy atom. The van der Waals surface area contributed by atoms with E-state index < -0.39 is 21.6 Å². The molecule has 0 saturated carbocycles. The van der Waals surface area contributed by atoms with Crippen molar-refractivity contribution >= 4 is 33.1 Å². The van der Waals surface area contributed by atoms with E-state index in [1.807, 2.05) is 32.0 Å². The number of sulfonamides is 1. The Balaban J connectivity index is 1.88. The average molecular weight is 588 g/mol. The summed E-state index contributed by atoms with van der Waals surface area (Å²) < 4.78 is 36.9. The molecular formula is C29H37N3O6S2. The van der Waals surface area contributed by atoms with E-state index in [1.54, 1.807) is 30.0 Å². The summed E-state index contributed by atoms with van der Waals surface area (Å²) in [6.45, 7) is 7.00. The number of hydrogen-bond donors (Lipinski definition) is 0. The fourth-order valence-corrected chi connectivity index (χ4v) is 5.75. The highest BCUT2D eigenvalue weighted by Gasteiger charge is 2.25. The summed E-state index contributed by atoms with van der Waals surface area (Å²) in [5.74, 6) is -0.358. The number of Topliss-reactive ketones (excluding diaryl/α,β-unsaturated/α-hetero) is 1. The number of carbonyl (C=O) groups is 2. The van der Waals surface area contributed by atoms with Gasteiger partial charge in [0.05, 0.1) is 19.8 Å². The Morgan fingerprint density at radius 3 is 2.17 bits per heavy atom. The van der Waals surface area contributed by atoms with E-state index in [-0.39, 0.29) is 18.1 Å². The third-order valence-electron chi connectivity index (χ3n) is 6.07. The molecule has 0 aliphatic heterocycles. The van der Waals surface area contributed by atoms with Crippen LogP contribution in [0.5, 0.6) is 11.5 Å². The first kappa shape index (κ1) is 31.3. The van der Waals surface area contributed by atoms with Crippen LogP contribution in [0.25, 0.3) is 0 Å². The molecule has 0 atom stereocenters. The van der Waals surface area contributed by atoms with E-state index in [2.05, 4.69) is 17.1 Å². The molecule has 0 radical (unpaired) electrons. The molecule has 11 heteroatoms. The van der Waals surface area contributed by atoms with Crippen molar-refractivity contribution in [2.75, 3.05) is 39.6 Å². The number of amides is 1. The number of hydrogen-bond acceptors (Lipinski definition) is 8. The van der Waals surface area contributed by atoms with Crippen molar-refractivity contribution in [3.8, 4) is 11.5 Å². The van der Waals surface area contributed by atoms with Gasteiger partial charge in [0.25, 0.3) is 5.91 Å². The SMILES string of the molecule is CCOc1cc(OCC)cc(C(=O)N(CCCc2ccccc2)Cc2nc(C(=O)CS(=O)(=O)N(C)C)c(C)s2)c1. The molecule has 2 aromatic carbocycles. The molecule has 0 fully saturated rings. The fourth-order valence-electron chi connectivity index (χ4n) is 4.05. The average Bonchev–Trinajstić information content (AvgIpc) is 3.28. The predicted molar refractivity (Wildman–Crippen MR) is 157 cm³/mol. The van der Waals surface area contributed by atoms with Crippen molar-refractivity contribution in [2.45, 2.75) is 40.2 Å². The van der Waals surface area contributed by atoms with Crippen LogP contribution in [0.4, 0.5) is 0 Å². The van der Waals surface area contributed by atoms with Gasteiger partial charge in [-0.1, -0.05) is 30.3 Å². The van der Waals surface area contributed by atoms with Crippen LogP contribution in [0, 0.1) is 6.92 Å². The second-order valence-electron chi connectivity index (χ2n) is 9.35. The number of rotatable bonds is 15. The number of carbonyl (C=O) groups excluding carboxylic acids is 2. The Hall–Kier alpha value is -3.28. The highest BCUT2D eigenvalue weighted by Crippen LogP contribution is 2.26. The van der Waals surface area contributed by atoms with Crippen LogP contribution >= 0.6 is 11.3 Å². The molecule has 0 aliphatic carbocycles. The summed E-state index contributed by atoms with van der Waals surface area (Å²) >= 11 is 1.29. The molecule has 3 rings (SSSR count). The van der Waals surface area contributed by atoms with Crippen molar-refractivity contribution in [3.05, 3.63) is 75.2 Å². The lowest BCUT2D eigenvalue weighted by molar-refractivity contribution is 0.0740. The maximum absolute atomic E-state index is 13.8. The molecule has 1 amide bonds. The van der Waals surface area contributed by atoms with E-state index >= 15 is 0 Å². The summed E-state index contributed by atoms with van der Waals surface area (Å²) in [6, 6.07) is 15.2. The Bertz CT molecular complexity index is 1380. The second kappa shape index (κ2) is 14.4. The van der Waals surface area contributed by atoms with E-state index in [0.29, 0.717) is 46.7 Å². The molecule has 9 nitrogen and oxygen atoms in total. The molecule has 0 saturated heterocycles. The van der Waals surface area contributed by atoms with Crippen molar-refractivity contribution in [1.29, 1.82) is 0 Å². The van der Waals surface area contributed by atoms with Gasteiger partial charge < -0.3 is 14.4 Å². The largest absolute Gasteiger partial charge is 0.494 e. The van der Waals surface area contributed by atoms with Gasteiger partial charge in [0.15, 0.2) is 5.78 Å². The summed E-state index contributed by atoms with van der Waals surface area (Å²) in [6.07, 6.45) is 1.51. The third kappa shape index (κ3) is 8.61. The molecule has 0 aliphatic rings. The van der Waals surface area contributed by atoms with Crippen LogP contribution in [0.1, 0.15) is 56.6 Å². The van der Waals surface area contributed by atoms with Gasteiger partial charge >= 0.3 is 0 Å². The summed E-state index contributed by atoms with van der Waals surface area (Å²) in [5.41, 5.74) is 1.72. The third-order valence-corrected chi connectivity index (χ3v) is 8.77. The number of aryl methyl sites for hydroxylation is 2. The van der Waals surface area contributed by atoms with Crippen molar-refractivity contribution in [2.24, 2.45) is 0 Å². The number of thiazole rings is 1. The minimum absolute atomic E-state index is 0.124. The zero-order chi connectivity index (χ0) is 29.3. The van der Waals surface area contributed by atoms with E-state index in [0.717, 1.165) is 17.1 Å². The van der Waals surface area contributed by atoms with Gasteiger partial charge in [-0.2, -0.15) is 0 Å². The molecule has 1 aromatic heterocycles. The number of ether oxygens (including phenoxy) is 2. The summed E-state index contributed by atoms with van der Waals surface area (Å²) in [7, 11) is -0.947. The Morgan fingerprint density at radius 2 is 1.60 bits per heavy atom. The maximum Gasteiger partial charge on any atom is 0.254 e. The molecular weight excluding hydrogens is 550 g/mol. The van der Waals surface area contributed by atoms with Gasteiger partial charge in [0.2, 0.25) is 10.0 Å². The first-order valence-corrected chi connectivity index (χ1v) is 15.6. The first-order chi connectivity index (χ1) is 19.0. The van der Waals surface area contributed by atoms with Gasteiger partial charge in [-0.25, -0.2) is 17.7 Å². The van der Waals surface area contributed by atoms with E-state index in [1.165, 1.54) is 31.0 Å². The van der Waals surface area contributed by atoms with Crippen LogP contribution in [0.2, 0.25) is 0 Å². The van der Waals surface area contributed by atoms with Crippen LogP contribution in [-0.2, 0) is 23.0 Å². The molecule has 40 heavy (non-hydrogen) atoms. The highest BCUT2D eigenvalue weighted by molar-refractivity contribution is 7.89. The zero-order valence-electron chi connectivity index (χ0n) is 23.7. The summed E-state index contributed by atoms with van der Waals surface area (Å²) in [5, 5.41) is 0.558. The quantitative estimate of drug-likeness (QED) is 0.239. The minimum Gasteiger partial charge on any atom is -0.494 e. The second-order valence-corrected chi connectivity index (χ2v) is 12.8. The normalized spacial score (nSPS) is 11.4. The lowest BCUT2D eigenvalue weighted by atomic mass is 10.1. The topological polar surface area (TPSA) is 106 Å². The van der Waals surface area contributed by atoms with Gasteiger partial charge in [-0.15, -0.1) is 11.3 Å². The van der Waals surface area contributed by atoms with E-state index in [9.17, 15) is 18.0 Å². The molecule has 216 valence electrons. The minimum atomic E-state index is -3.72. The van der Waals surface area contributed by atoms with Crippen LogP contribution in [0.3, 0.4) is 0 Å². The Labute approximate surface area is 240 Å². The smallest absolute Gasteiger partial charge is 0.254 e. The zero-order valence-corrected chi connectivity index (χ0v) is 25.3. The lowest BCUT2D eigenvalue weighted by Gasteiger charge is -2.22. The van der Waals surface area contributed by atoms with E-state index in [4.69, 9.17) is 9.47 Å². The summed E-state index contributed by atoms with van der Waals surface area (Å²) in [4.78, 5) is 33.4. The standard InChI is InChI=1S/C29H37N3O6S2/c1-6-37-24-16-23(17-25(18-24)38-7-2)29(34)32(15-11-14-22-12-9-8-10-13-22)19-27-30-28(21(3)39-27)26(33)20-40(35,36)31(4)5/h8-10,12-13,16-18H,6-7,11,14-15,19-20H2,1-5H3. The lowest BCUT2D eigenvalue weighted by Crippen LogP contribution is -2.32. The van der Waals surface area contributed by atoms with Crippen LogP contribution < -0.4 is 9.47 Å². The van der Waals surface area contributed by atoms with Gasteiger partial charge in [-0.3, -0.25) is 9.59 Å². The van der Waals surface area contributed by atoms with Crippen LogP contribution in [0.15, 0.2) is 48.5 Å². The van der Waals surface area contributed by atoms with Gasteiger partial charge in [0, 0.05) is 37.1 Å².